The third-order valence-corrected chi connectivity index (χ3v) is 5.42. The van der Waals surface area contributed by atoms with Crippen molar-refractivity contribution in [1.82, 2.24) is 4.72 Å². The monoisotopic (exact) mass is 408 g/mol. The van der Waals surface area contributed by atoms with Crippen LogP contribution in [-0.4, -0.2) is 33.9 Å². The van der Waals surface area contributed by atoms with Crippen molar-refractivity contribution in [3.05, 3.63) is 58.4 Å². The number of halogens is 1. The Balaban J connectivity index is 2.10. The molecule has 1 amide bonds. The van der Waals surface area contributed by atoms with Crippen molar-refractivity contribution < 1.29 is 27.1 Å². The van der Waals surface area contributed by atoms with E-state index in [2.05, 4.69) is 10.0 Å². The van der Waals surface area contributed by atoms with Gasteiger partial charge in [-0.05, 0) is 57.1 Å². The van der Waals surface area contributed by atoms with Gasteiger partial charge in [0.05, 0.1) is 10.5 Å². The van der Waals surface area contributed by atoms with Crippen LogP contribution >= 0.6 is 0 Å². The number of sulfonamides is 1. The van der Waals surface area contributed by atoms with Crippen LogP contribution in [0.15, 0.2) is 35.2 Å². The van der Waals surface area contributed by atoms with Gasteiger partial charge in [-0.1, -0.05) is 17.7 Å². The lowest BCUT2D eigenvalue weighted by Gasteiger charge is -2.13. The van der Waals surface area contributed by atoms with Crippen LogP contribution in [0.4, 0.5) is 10.1 Å². The Bertz CT molecular complexity index is 1010. The Kier molecular flexibility index (Phi) is 6.52. The molecule has 28 heavy (non-hydrogen) atoms. The number of aryl methyl sites for hydroxylation is 3. The molecule has 9 heteroatoms. The number of hydrogen-bond acceptors (Lipinski definition) is 5. The zero-order chi connectivity index (χ0) is 21.1. The molecule has 150 valence electrons. The largest absolute Gasteiger partial charge is 0.452 e. The summed E-state index contributed by atoms with van der Waals surface area (Å²) in [5, 5.41) is 2.66. The van der Waals surface area contributed by atoms with Gasteiger partial charge in [-0.3, -0.25) is 4.79 Å². The van der Waals surface area contributed by atoms with E-state index in [1.54, 1.807) is 0 Å². The van der Waals surface area contributed by atoms with Gasteiger partial charge in [-0.25, -0.2) is 22.3 Å². The first-order valence-corrected chi connectivity index (χ1v) is 9.81. The lowest BCUT2D eigenvalue weighted by Crippen LogP contribution is -2.23. The zero-order valence-corrected chi connectivity index (χ0v) is 16.7. The number of hydrogen-bond donors (Lipinski definition) is 2. The van der Waals surface area contributed by atoms with E-state index < -0.39 is 39.9 Å². The van der Waals surface area contributed by atoms with Crippen LogP contribution in [0.2, 0.25) is 0 Å². The minimum Gasteiger partial charge on any atom is -0.452 e. The van der Waals surface area contributed by atoms with E-state index >= 15 is 0 Å². The normalized spacial score (nSPS) is 11.2. The zero-order valence-electron chi connectivity index (χ0n) is 15.9. The lowest BCUT2D eigenvalue weighted by atomic mass is 10.1. The molecular formula is C19H21FN2O5S. The fourth-order valence-corrected chi connectivity index (χ4v) is 3.46. The van der Waals surface area contributed by atoms with Crippen molar-refractivity contribution in [3.63, 3.8) is 0 Å². The summed E-state index contributed by atoms with van der Waals surface area (Å²) < 4.78 is 44.4. The Hall–Kier alpha value is -2.78. The van der Waals surface area contributed by atoms with E-state index in [-0.39, 0.29) is 4.90 Å². The van der Waals surface area contributed by atoms with Gasteiger partial charge in [0.1, 0.15) is 5.82 Å². The molecule has 0 saturated heterocycles. The molecule has 0 aliphatic heterocycles. The predicted octanol–water partition coefficient (Wildman–Crippen LogP) is 2.45. The number of carbonyl (C=O) groups is 2. The SMILES string of the molecule is CNS(=O)(=O)c1ccc(F)c(C(=O)OCC(=O)Nc2c(C)cc(C)cc2C)c1. The molecule has 0 radical (unpaired) electrons. The number of benzene rings is 2. The summed E-state index contributed by atoms with van der Waals surface area (Å²) in [6, 6.07) is 6.53. The minimum absolute atomic E-state index is 0.293. The molecule has 0 bridgehead atoms. The highest BCUT2D eigenvalue weighted by atomic mass is 32.2. The smallest absolute Gasteiger partial charge is 0.341 e. The predicted molar refractivity (Wildman–Crippen MR) is 102 cm³/mol. The molecule has 2 aromatic rings. The molecule has 0 saturated carbocycles. The average molecular weight is 408 g/mol. The molecule has 2 rings (SSSR count). The Morgan fingerprint density at radius 1 is 1.07 bits per heavy atom. The Morgan fingerprint density at radius 3 is 2.25 bits per heavy atom. The maximum atomic E-state index is 13.9. The molecular weight excluding hydrogens is 387 g/mol. The van der Waals surface area contributed by atoms with Crippen LogP contribution in [0.1, 0.15) is 27.0 Å². The fourth-order valence-electron chi connectivity index (χ4n) is 2.71. The number of amides is 1. The molecule has 0 fully saturated rings. The first kappa shape index (κ1) is 21.5. The van der Waals surface area contributed by atoms with Crippen LogP contribution in [0.3, 0.4) is 0 Å². The van der Waals surface area contributed by atoms with Crippen molar-refractivity contribution >= 4 is 27.6 Å². The highest BCUT2D eigenvalue weighted by molar-refractivity contribution is 7.89. The highest BCUT2D eigenvalue weighted by Crippen LogP contribution is 2.22. The standard InChI is InChI=1S/C19H21FN2O5S/c1-11-7-12(2)18(13(3)8-11)22-17(23)10-27-19(24)15-9-14(5-6-16(15)20)28(25,26)21-4/h5-9,21H,10H2,1-4H3,(H,22,23). The summed E-state index contributed by atoms with van der Waals surface area (Å²) in [7, 11) is -2.67. The van der Waals surface area contributed by atoms with Gasteiger partial charge in [0.2, 0.25) is 10.0 Å². The maximum absolute atomic E-state index is 13.9. The number of ether oxygens (including phenoxy) is 1. The lowest BCUT2D eigenvalue weighted by molar-refractivity contribution is -0.119. The Morgan fingerprint density at radius 2 is 1.68 bits per heavy atom. The molecule has 7 nitrogen and oxygen atoms in total. The summed E-state index contributed by atoms with van der Waals surface area (Å²) in [4.78, 5) is 23.9. The second-order valence-electron chi connectivity index (χ2n) is 6.25. The highest BCUT2D eigenvalue weighted by Gasteiger charge is 2.20. The molecule has 0 atom stereocenters. The van der Waals surface area contributed by atoms with E-state index in [0.29, 0.717) is 5.69 Å². The third kappa shape index (κ3) is 4.93. The van der Waals surface area contributed by atoms with Gasteiger partial charge in [0.15, 0.2) is 6.61 Å². The van der Waals surface area contributed by atoms with Gasteiger partial charge in [-0.2, -0.15) is 0 Å². The number of carbonyl (C=O) groups excluding carboxylic acids is 2. The van der Waals surface area contributed by atoms with Crippen molar-refractivity contribution in [1.29, 1.82) is 0 Å². The number of nitrogens with one attached hydrogen (secondary N) is 2. The summed E-state index contributed by atoms with van der Waals surface area (Å²) >= 11 is 0. The van der Waals surface area contributed by atoms with E-state index in [1.165, 1.54) is 7.05 Å². The van der Waals surface area contributed by atoms with E-state index in [0.717, 1.165) is 34.9 Å². The van der Waals surface area contributed by atoms with Gasteiger partial charge in [-0.15, -0.1) is 0 Å². The first-order valence-electron chi connectivity index (χ1n) is 8.33. The topological polar surface area (TPSA) is 102 Å². The fraction of sp³-hybridized carbons (Fsp3) is 0.263. The number of anilines is 1. The van der Waals surface area contributed by atoms with Crippen LogP contribution in [-0.2, 0) is 19.6 Å². The Labute approximate surface area is 163 Å². The van der Waals surface area contributed by atoms with E-state index in [9.17, 15) is 22.4 Å². The van der Waals surface area contributed by atoms with Gasteiger partial charge in [0, 0.05) is 5.69 Å². The third-order valence-electron chi connectivity index (χ3n) is 4.01. The molecule has 0 spiro atoms. The van der Waals surface area contributed by atoms with E-state index in [1.807, 2.05) is 32.9 Å². The number of esters is 1. The van der Waals surface area contributed by atoms with Crippen LogP contribution < -0.4 is 10.0 Å². The van der Waals surface area contributed by atoms with Crippen molar-refractivity contribution in [2.24, 2.45) is 0 Å². The molecule has 2 N–H and O–H groups in total. The van der Waals surface area contributed by atoms with Crippen LogP contribution in [0.25, 0.3) is 0 Å². The molecule has 2 aromatic carbocycles. The second kappa shape index (κ2) is 8.49. The molecule has 0 aromatic heterocycles. The van der Waals surface area contributed by atoms with Gasteiger partial charge >= 0.3 is 5.97 Å². The molecule has 0 unspecified atom stereocenters. The van der Waals surface area contributed by atoms with Crippen molar-refractivity contribution in [2.45, 2.75) is 25.7 Å². The van der Waals surface area contributed by atoms with Gasteiger partial charge in [0.25, 0.3) is 5.91 Å². The summed E-state index contributed by atoms with van der Waals surface area (Å²) in [6.45, 7) is 4.97. The van der Waals surface area contributed by atoms with Crippen molar-refractivity contribution in [2.75, 3.05) is 19.0 Å². The van der Waals surface area contributed by atoms with Crippen LogP contribution in [0, 0.1) is 26.6 Å². The summed E-state index contributed by atoms with van der Waals surface area (Å²) in [5.41, 5.74) is 2.79. The van der Waals surface area contributed by atoms with Gasteiger partial charge < -0.3 is 10.1 Å². The molecule has 0 heterocycles. The quantitative estimate of drug-likeness (QED) is 0.715. The van der Waals surface area contributed by atoms with E-state index in [4.69, 9.17) is 4.74 Å². The first-order chi connectivity index (χ1) is 13.0. The average Bonchev–Trinajstić information content (AvgIpc) is 2.62. The number of rotatable bonds is 6. The van der Waals surface area contributed by atoms with Crippen molar-refractivity contribution in [3.8, 4) is 0 Å². The summed E-state index contributed by atoms with van der Waals surface area (Å²) in [5.74, 6) is -2.69. The summed E-state index contributed by atoms with van der Waals surface area (Å²) in [6.07, 6.45) is 0. The second-order valence-corrected chi connectivity index (χ2v) is 8.13. The molecule has 0 aliphatic rings. The molecule has 0 aliphatic carbocycles. The minimum atomic E-state index is -3.86. The maximum Gasteiger partial charge on any atom is 0.341 e. The van der Waals surface area contributed by atoms with Crippen LogP contribution in [0.5, 0.6) is 0 Å².